The lowest BCUT2D eigenvalue weighted by Crippen LogP contribution is -2.44. The summed E-state index contributed by atoms with van der Waals surface area (Å²) in [4.78, 5) is 39.5. The molecule has 0 aliphatic rings. The summed E-state index contributed by atoms with van der Waals surface area (Å²) in [5.74, 6) is -2.08. The standard InChI is InChI=1S/C14H16N4O6S3/c1-8-7-26-12(15-8)5-10(19)16-17-11(20)6-24-14(21)13-9(3-4-25-13)18-27(2,22)23/h3-4,7,18H,5-6H2,1-2H3,(H,16,19)(H,17,20). The third kappa shape index (κ3) is 6.96. The number of nitrogens with zero attached hydrogens (tertiary/aromatic N) is 1. The first-order chi connectivity index (χ1) is 12.6. The number of carbonyl (C=O) groups excluding carboxylic acids is 3. The van der Waals surface area contributed by atoms with E-state index in [1.807, 2.05) is 0 Å². The predicted octanol–water partition coefficient (Wildman–Crippen LogP) is 0.431. The van der Waals surface area contributed by atoms with Crippen LogP contribution in [0.1, 0.15) is 20.4 Å². The molecule has 0 fully saturated rings. The number of nitrogens with one attached hydrogen (secondary N) is 3. The molecule has 2 heterocycles. The molecule has 2 amide bonds. The molecule has 2 rings (SSSR count). The molecule has 146 valence electrons. The van der Waals surface area contributed by atoms with E-state index in [4.69, 9.17) is 4.74 Å². The van der Waals surface area contributed by atoms with Crippen LogP contribution in [0.15, 0.2) is 16.8 Å². The second kappa shape index (κ2) is 8.92. The summed E-state index contributed by atoms with van der Waals surface area (Å²) in [5.41, 5.74) is 5.18. The molecule has 0 spiro atoms. The van der Waals surface area contributed by atoms with Crippen molar-refractivity contribution in [2.75, 3.05) is 17.6 Å². The number of hydrogen-bond acceptors (Lipinski definition) is 9. The third-order valence-electron chi connectivity index (χ3n) is 2.80. The number of sulfonamides is 1. The zero-order valence-corrected chi connectivity index (χ0v) is 16.7. The van der Waals surface area contributed by atoms with Gasteiger partial charge >= 0.3 is 5.97 Å². The predicted molar refractivity (Wildman–Crippen MR) is 99.9 cm³/mol. The normalized spacial score (nSPS) is 10.9. The van der Waals surface area contributed by atoms with Gasteiger partial charge in [-0.15, -0.1) is 22.7 Å². The largest absolute Gasteiger partial charge is 0.451 e. The molecule has 0 radical (unpaired) electrons. The molecule has 27 heavy (non-hydrogen) atoms. The highest BCUT2D eigenvalue weighted by atomic mass is 32.2. The number of hydrazine groups is 1. The fraction of sp³-hybridized carbons (Fsp3) is 0.286. The Morgan fingerprint density at radius 3 is 2.52 bits per heavy atom. The van der Waals surface area contributed by atoms with Gasteiger partial charge in [-0.25, -0.2) is 18.2 Å². The van der Waals surface area contributed by atoms with E-state index in [9.17, 15) is 22.8 Å². The molecule has 0 aromatic carbocycles. The Bertz CT molecular complexity index is 950. The minimum Gasteiger partial charge on any atom is -0.451 e. The maximum absolute atomic E-state index is 12.0. The number of thiophene rings is 1. The van der Waals surface area contributed by atoms with Crippen molar-refractivity contribution >= 4 is 56.2 Å². The van der Waals surface area contributed by atoms with Gasteiger partial charge in [-0.3, -0.25) is 25.2 Å². The molecule has 2 aromatic rings. The average molecular weight is 433 g/mol. The van der Waals surface area contributed by atoms with Crippen LogP contribution in [0.2, 0.25) is 0 Å². The molecule has 0 saturated carbocycles. The molecule has 0 bridgehead atoms. The van der Waals surface area contributed by atoms with E-state index < -0.39 is 34.4 Å². The van der Waals surface area contributed by atoms with Gasteiger partial charge in [0.25, 0.3) is 5.91 Å². The minimum atomic E-state index is -3.56. The highest BCUT2D eigenvalue weighted by Gasteiger charge is 2.18. The van der Waals surface area contributed by atoms with Crippen LogP contribution < -0.4 is 15.6 Å². The van der Waals surface area contributed by atoms with E-state index in [1.165, 1.54) is 22.8 Å². The van der Waals surface area contributed by atoms with Crippen molar-refractivity contribution in [1.82, 2.24) is 15.8 Å². The number of ether oxygens (including phenoxy) is 1. The Labute approximate surface area is 163 Å². The quantitative estimate of drug-likeness (QED) is 0.425. The number of aryl methyl sites for hydroxylation is 1. The smallest absolute Gasteiger partial charge is 0.351 e. The molecule has 0 aliphatic heterocycles. The number of amides is 2. The van der Waals surface area contributed by atoms with Gasteiger partial charge in [-0.2, -0.15) is 0 Å². The molecule has 0 aliphatic carbocycles. The summed E-state index contributed by atoms with van der Waals surface area (Å²) in [6.45, 7) is 1.16. The molecule has 0 unspecified atom stereocenters. The van der Waals surface area contributed by atoms with Gasteiger partial charge in [0.05, 0.1) is 18.4 Å². The van der Waals surface area contributed by atoms with Gasteiger partial charge in [0.15, 0.2) is 6.61 Å². The highest BCUT2D eigenvalue weighted by molar-refractivity contribution is 7.92. The first kappa shape index (κ1) is 20.8. The van der Waals surface area contributed by atoms with Crippen LogP contribution in [-0.2, 0) is 30.8 Å². The number of rotatable bonds is 7. The summed E-state index contributed by atoms with van der Waals surface area (Å²) >= 11 is 2.29. The van der Waals surface area contributed by atoms with Crippen LogP contribution in [0.5, 0.6) is 0 Å². The van der Waals surface area contributed by atoms with E-state index >= 15 is 0 Å². The van der Waals surface area contributed by atoms with Gasteiger partial charge in [0.1, 0.15) is 9.88 Å². The first-order valence-electron chi connectivity index (χ1n) is 7.35. The maximum atomic E-state index is 12.0. The van der Waals surface area contributed by atoms with E-state index in [0.717, 1.165) is 23.3 Å². The first-order valence-corrected chi connectivity index (χ1v) is 11.0. The minimum absolute atomic E-state index is 0.00822. The van der Waals surface area contributed by atoms with E-state index in [-0.39, 0.29) is 17.0 Å². The van der Waals surface area contributed by atoms with Gasteiger partial charge in [0.2, 0.25) is 15.9 Å². The Morgan fingerprint density at radius 1 is 1.19 bits per heavy atom. The summed E-state index contributed by atoms with van der Waals surface area (Å²) in [5, 5.41) is 3.91. The number of hydrogen-bond donors (Lipinski definition) is 3. The number of anilines is 1. The van der Waals surface area contributed by atoms with Crippen molar-refractivity contribution in [3.05, 3.63) is 32.4 Å². The van der Waals surface area contributed by atoms with E-state index in [0.29, 0.717) is 5.01 Å². The van der Waals surface area contributed by atoms with Gasteiger partial charge in [0, 0.05) is 11.1 Å². The van der Waals surface area contributed by atoms with Crippen molar-refractivity contribution in [2.24, 2.45) is 0 Å². The number of aromatic nitrogens is 1. The molecule has 3 N–H and O–H groups in total. The zero-order valence-electron chi connectivity index (χ0n) is 14.3. The number of esters is 1. The number of thiazole rings is 1. The van der Waals surface area contributed by atoms with Crippen LogP contribution in [0, 0.1) is 6.92 Å². The third-order valence-corrected chi connectivity index (χ3v) is 5.25. The summed E-state index contributed by atoms with van der Waals surface area (Å²) < 4.78 is 29.5. The van der Waals surface area contributed by atoms with Crippen LogP contribution in [0.3, 0.4) is 0 Å². The van der Waals surface area contributed by atoms with Crippen molar-refractivity contribution in [2.45, 2.75) is 13.3 Å². The molecule has 2 aromatic heterocycles. The Kier molecular flexibility index (Phi) is 6.87. The topological polar surface area (TPSA) is 144 Å². The molecule has 0 saturated heterocycles. The van der Waals surface area contributed by atoms with Crippen LogP contribution in [-0.4, -0.2) is 44.0 Å². The zero-order chi connectivity index (χ0) is 20.0. The molecule has 10 nitrogen and oxygen atoms in total. The lowest BCUT2D eigenvalue weighted by atomic mass is 10.4. The lowest BCUT2D eigenvalue weighted by molar-refractivity contribution is -0.130. The van der Waals surface area contributed by atoms with E-state index in [1.54, 1.807) is 12.3 Å². The molecular weight excluding hydrogens is 416 g/mol. The SMILES string of the molecule is Cc1csc(CC(=O)NNC(=O)COC(=O)c2sccc2NS(C)(=O)=O)n1. The second-order valence-electron chi connectivity index (χ2n) is 5.27. The van der Waals surface area contributed by atoms with Crippen LogP contribution in [0.4, 0.5) is 5.69 Å². The van der Waals surface area contributed by atoms with Gasteiger partial charge in [-0.1, -0.05) is 0 Å². The fourth-order valence-electron chi connectivity index (χ4n) is 1.79. The summed E-state index contributed by atoms with van der Waals surface area (Å²) in [6, 6.07) is 1.41. The van der Waals surface area contributed by atoms with Crippen molar-refractivity contribution in [1.29, 1.82) is 0 Å². The second-order valence-corrected chi connectivity index (χ2v) is 8.88. The summed E-state index contributed by atoms with van der Waals surface area (Å²) in [6.07, 6.45) is 0.956. The van der Waals surface area contributed by atoms with Crippen molar-refractivity contribution < 1.29 is 27.5 Å². The molecule has 13 heteroatoms. The monoisotopic (exact) mass is 432 g/mol. The Morgan fingerprint density at radius 2 is 1.89 bits per heavy atom. The number of carbonyl (C=O) groups is 3. The molecule has 0 atom stereocenters. The van der Waals surface area contributed by atoms with Gasteiger partial charge < -0.3 is 4.74 Å². The van der Waals surface area contributed by atoms with Crippen molar-refractivity contribution in [3.63, 3.8) is 0 Å². The average Bonchev–Trinajstić information content (AvgIpc) is 3.18. The van der Waals surface area contributed by atoms with E-state index in [2.05, 4.69) is 20.6 Å². The molecular formula is C14H16N4O6S3. The fourth-order valence-corrected chi connectivity index (χ4v) is 3.93. The summed E-state index contributed by atoms with van der Waals surface area (Å²) in [7, 11) is -3.56. The van der Waals surface area contributed by atoms with Crippen LogP contribution in [0.25, 0.3) is 0 Å². The van der Waals surface area contributed by atoms with Crippen molar-refractivity contribution in [3.8, 4) is 0 Å². The Balaban J connectivity index is 1.77. The highest BCUT2D eigenvalue weighted by Crippen LogP contribution is 2.24. The maximum Gasteiger partial charge on any atom is 0.351 e. The van der Waals surface area contributed by atoms with Gasteiger partial charge in [-0.05, 0) is 18.4 Å². The Hall–Kier alpha value is -2.51. The lowest BCUT2D eigenvalue weighted by Gasteiger charge is -2.08. The van der Waals surface area contributed by atoms with Crippen LogP contribution >= 0.6 is 22.7 Å².